The SMILES string of the molecule is CC(C)C(NC(=O)c1cncc(O)c1)c1ccc(Cl)cc1. The fourth-order valence-electron chi connectivity index (χ4n) is 2.08. The molecule has 0 saturated carbocycles. The van der Waals surface area contributed by atoms with Crippen molar-refractivity contribution in [3.8, 4) is 5.75 Å². The fourth-order valence-corrected chi connectivity index (χ4v) is 2.21. The third-order valence-corrected chi connectivity index (χ3v) is 3.42. The minimum absolute atomic E-state index is 0.0322. The van der Waals surface area contributed by atoms with E-state index < -0.39 is 0 Å². The van der Waals surface area contributed by atoms with E-state index in [-0.39, 0.29) is 23.6 Å². The molecule has 1 unspecified atom stereocenters. The quantitative estimate of drug-likeness (QED) is 0.907. The summed E-state index contributed by atoms with van der Waals surface area (Å²) < 4.78 is 0. The van der Waals surface area contributed by atoms with Crippen molar-refractivity contribution in [3.05, 3.63) is 58.9 Å². The second kappa shape index (κ2) is 6.59. The van der Waals surface area contributed by atoms with Gasteiger partial charge in [-0.2, -0.15) is 0 Å². The van der Waals surface area contributed by atoms with E-state index in [1.165, 1.54) is 18.5 Å². The highest BCUT2D eigenvalue weighted by molar-refractivity contribution is 6.30. The molecule has 0 spiro atoms. The maximum Gasteiger partial charge on any atom is 0.253 e. The van der Waals surface area contributed by atoms with Crippen LogP contribution in [0.25, 0.3) is 0 Å². The number of nitrogens with zero attached hydrogens (tertiary/aromatic N) is 1. The van der Waals surface area contributed by atoms with Gasteiger partial charge in [0.2, 0.25) is 0 Å². The topological polar surface area (TPSA) is 62.2 Å². The first-order chi connectivity index (χ1) is 9.97. The van der Waals surface area contributed by atoms with Gasteiger partial charge in [-0.25, -0.2) is 0 Å². The van der Waals surface area contributed by atoms with Gasteiger partial charge in [0.05, 0.1) is 17.8 Å². The molecule has 1 heterocycles. The molecule has 1 aromatic heterocycles. The van der Waals surface area contributed by atoms with Crippen molar-refractivity contribution in [2.45, 2.75) is 19.9 Å². The van der Waals surface area contributed by atoms with Crippen LogP contribution in [0.5, 0.6) is 5.75 Å². The number of benzene rings is 1. The Bertz CT molecular complexity index is 626. The van der Waals surface area contributed by atoms with Crippen LogP contribution in [-0.2, 0) is 0 Å². The summed E-state index contributed by atoms with van der Waals surface area (Å²) >= 11 is 5.89. The molecule has 1 amide bonds. The van der Waals surface area contributed by atoms with Crippen molar-refractivity contribution in [2.75, 3.05) is 0 Å². The smallest absolute Gasteiger partial charge is 0.253 e. The molecule has 110 valence electrons. The number of hydrogen-bond acceptors (Lipinski definition) is 3. The minimum atomic E-state index is -0.271. The molecule has 4 nitrogen and oxygen atoms in total. The van der Waals surface area contributed by atoms with Crippen molar-refractivity contribution >= 4 is 17.5 Å². The van der Waals surface area contributed by atoms with Crippen molar-refractivity contribution in [1.82, 2.24) is 10.3 Å². The Labute approximate surface area is 128 Å². The van der Waals surface area contributed by atoms with Crippen LogP contribution in [0.15, 0.2) is 42.7 Å². The zero-order valence-corrected chi connectivity index (χ0v) is 12.6. The summed E-state index contributed by atoms with van der Waals surface area (Å²) in [5.74, 6) is -0.0947. The molecule has 2 aromatic rings. The van der Waals surface area contributed by atoms with Gasteiger partial charge in [0.1, 0.15) is 5.75 Å². The van der Waals surface area contributed by atoms with Crippen LogP contribution in [0.1, 0.15) is 35.8 Å². The van der Waals surface area contributed by atoms with E-state index in [2.05, 4.69) is 10.3 Å². The lowest BCUT2D eigenvalue weighted by molar-refractivity contribution is 0.0925. The molecule has 0 aliphatic carbocycles. The van der Waals surface area contributed by atoms with Gasteiger partial charge in [0.25, 0.3) is 5.91 Å². The summed E-state index contributed by atoms with van der Waals surface area (Å²) in [5, 5.41) is 13.0. The van der Waals surface area contributed by atoms with Crippen molar-refractivity contribution < 1.29 is 9.90 Å². The molecule has 2 N–H and O–H groups in total. The first-order valence-corrected chi connectivity index (χ1v) is 7.05. The summed E-state index contributed by atoms with van der Waals surface area (Å²) in [5.41, 5.74) is 1.31. The van der Waals surface area contributed by atoms with Crippen LogP contribution in [0.3, 0.4) is 0 Å². The first-order valence-electron chi connectivity index (χ1n) is 6.67. The summed E-state index contributed by atoms with van der Waals surface area (Å²) in [6.45, 7) is 4.06. The number of amides is 1. The van der Waals surface area contributed by atoms with Crippen LogP contribution in [0, 0.1) is 5.92 Å². The van der Waals surface area contributed by atoms with E-state index in [1.807, 2.05) is 26.0 Å². The van der Waals surface area contributed by atoms with E-state index in [0.717, 1.165) is 5.56 Å². The van der Waals surface area contributed by atoms with Gasteiger partial charge in [-0.15, -0.1) is 0 Å². The van der Waals surface area contributed by atoms with Crippen molar-refractivity contribution in [2.24, 2.45) is 5.92 Å². The summed E-state index contributed by atoms with van der Waals surface area (Å²) in [6.07, 6.45) is 2.71. The molecule has 0 aliphatic rings. The molecule has 2 rings (SSSR count). The Balaban J connectivity index is 2.20. The predicted molar refractivity (Wildman–Crippen MR) is 82.4 cm³/mol. The average molecular weight is 305 g/mol. The van der Waals surface area contributed by atoms with Crippen molar-refractivity contribution in [3.63, 3.8) is 0 Å². The Morgan fingerprint density at radius 1 is 1.24 bits per heavy atom. The van der Waals surface area contributed by atoms with Crippen LogP contribution in [0.4, 0.5) is 0 Å². The molecule has 0 radical (unpaired) electrons. The van der Waals surface area contributed by atoms with Gasteiger partial charge in [-0.1, -0.05) is 37.6 Å². The van der Waals surface area contributed by atoms with E-state index in [4.69, 9.17) is 11.6 Å². The fraction of sp³-hybridized carbons (Fsp3) is 0.250. The Morgan fingerprint density at radius 3 is 2.48 bits per heavy atom. The van der Waals surface area contributed by atoms with Crippen LogP contribution < -0.4 is 5.32 Å². The van der Waals surface area contributed by atoms with Crippen molar-refractivity contribution in [1.29, 1.82) is 0 Å². The van der Waals surface area contributed by atoms with E-state index in [9.17, 15) is 9.90 Å². The molecule has 0 aliphatic heterocycles. The summed E-state index contributed by atoms with van der Waals surface area (Å²) in [4.78, 5) is 16.1. The number of hydrogen-bond donors (Lipinski definition) is 2. The third-order valence-electron chi connectivity index (χ3n) is 3.17. The van der Waals surface area contributed by atoms with Crippen LogP contribution in [-0.4, -0.2) is 16.0 Å². The van der Waals surface area contributed by atoms with Gasteiger partial charge in [0, 0.05) is 11.2 Å². The highest BCUT2D eigenvalue weighted by atomic mass is 35.5. The molecular weight excluding hydrogens is 288 g/mol. The zero-order chi connectivity index (χ0) is 15.4. The number of nitrogens with one attached hydrogen (secondary N) is 1. The predicted octanol–water partition coefficient (Wildman–Crippen LogP) is 3.57. The minimum Gasteiger partial charge on any atom is -0.506 e. The average Bonchev–Trinajstić information content (AvgIpc) is 2.45. The van der Waals surface area contributed by atoms with Gasteiger partial charge in [-0.05, 0) is 29.7 Å². The lowest BCUT2D eigenvalue weighted by atomic mass is 9.96. The third kappa shape index (κ3) is 3.95. The first kappa shape index (κ1) is 15.3. The normalized spacial score (nSPS) is 12.2. The number of halogens is 1. The number of rotatable bonds is 4. The molecule has 1 atom stereocenters. The Morgan fingerprint density at radius 2 is 1.90 bits per heavy atom. The second-order valence-corrected chi connectivity index (χ2v) is 5.61. The second-order valence-electron chi connectivity index (χ2n) is 5.18. The monoisotopic (exact) mass is 304 g/mol. The van der Waals surface area contributed by atoms with Crippen LogP contribution in [0.2, 0.25) is 5.02 Å². The largest absolute Gasteiger partial charge is 0.506 e. The number of carbonyl (C=O) groups is 1. The highest BCUT2D eigenvalue weighted by Crippen LogP contribution is 2.24. The Kier molecular flexibility index (Phi) is 4.81. The van der Waals surface area contributed by atoms with Gasteiger partial charge < -0.3 is 10.4 Å². The number of aromatic nitrogens is 1. The summed E-state index contributed by atoms with van der Waals surface area (Å²) in [6, 6.07) is 8.64. The lowest BCUT2D eigenvalue weighted by Crippen LogP contribution is -2.31. The number of carbonyl (C=O) groups excluding carboxylic acids is 1. The van der Waals surface area contributed by atoms with E-state index in [1.54, 1.807) is 12.1 Å². The molecule has 21 heavy (non-hydrogen) atoms. The zero-order valence-electron chi connectivity index (χ0n) is 11.9. The molecule has 5 heteroatoms. The number of pyridine rings is 1. The van der Waals surface area contributed by atoms with E-state index >= 15 is 0 Å². The Hall–Kier alpha value is -2.07. The molecule has 0 fully saturated rings. The van der Waals surface area contributed by atoms with Gasteiger partial charge >= 0.3 is 0 Å². The molecule has 0 bridgehead atoms. The number of aromatic hydroxyl groups is 1. The van der Waals surface area contributed by atoms with E-state index in [0.29, 0.717) is 10.6 Å². The van der Waals surface area contributed by atoms with Gasteiger partial charge in [-0.3, -0.25) is 9.78 Å². The van der Waals surface area contributed by atoms with Gasteiger partial charge in [0.15, 0.2) is 0 Å². The standard InChI is InChI=1S/C16H17ClN2O2/c1-10(2)15(11-3-5-13(17)6-4-11)19-16(21)12-7-14(20)9-18-8-12/h3-10,15,20H,1-2H3,(H,19,21). The molecular formula is C16H17ClN2O2. The molecule has 1 aromatic carbocycles. The maximum atomic E-state index is 12.3. The molecule has 0 saturated heterocycles. The lowest BCUT2D eigenvalue weighted by Gasteiger charge is -2.23. The highest BCUT2D eigenvalue weighted by Gasteiger charge is 2.19. The maximum absolute atomic E-state index is 12.3. The van der Waals surface area contributed by atoms with Crippen LogP contribution >= 0.6 is 11.6 Å². The summed E-state index contributed by atoms with van der Waals surface area (Å²) in [7, 11) is 0.